The number of nitrogens with zero attached hydrogens (tertiary/aromatic N) is 3. The van der Waals surface area contributed by atoms with Crippen LogP contribution in [0.25, 0.3) is 5.65 Å². The van der Waals surface area contributed by atoms with Gasteiger partial charge in [0.1, 0.15) is 0 Å². The van der Waals surface area contributed by atoms with Crippen LogP contribution in [0.2, 0.25) is 10.0 Å². The molecular formula is C18H15BrCl2N4O. The highest BCUT2D eigenvalue weighted by Crippen LogP contribution is 2.37. The van der Waals surface area contributed by atoms with Gasteiger partial charge in [-0.1, -0.05) is 29.3 Å². The van der Waals surface area contributed by atoms with Crippen molar-refractivity contribution >= 4 is 50.7 Å². The maximum absolute atomic E-state index is 12.9. The molecule has 1 aromatic carbocycles. The topological polar surface area (TPSA) is 59.3 Å². The van der Waals surface area contributed by atoms with E-state index in [0.717, 1.165) is 24.8 Å². The smallest absolute Gasteiger partial charge is 0.273 e. The molecule has 5 nitrogen and oxygen atoms in total. The molecular weight excluding hydrogens is 439 g/mol. The fourth-order valence-electron chi connectivity index (χ4n) is 3.28. The van der Waals surface area contributed by atoms with Gasteiger partial charge in [0.25, 0.3) is 5.91 Å². The molecule has 3 aromatic rings. The number of carbonyl (C=O) groups is 1. The standard InChI is InChI=1S/C18H15BrCl2N4O/c19-14-15(24-25-8-2-7-22-16(14)25)17(26)23-18(5-1-6-18)10-11-3-4-12(20)9-13(11)21/h2-4,7-9H,1,5-6,10H2,(H,23,26). The average Bonchev–Trinajstić information content (AvgIpc) is 2.92. The second-order valence-electron chi connectivity index (χ2n) is 6.55. The minimum atomic E-state index is -0.308. The molecule has 2 heterocycles. The lowest BCUT2D eigenvalue weighted by atomic mass is 9.72. The van der Waals surface area contributed by atoms with Gasteiger partial charge in [0, 0.05) is 28.0 Å². The molecule has 0 unspecified atom stereocenters. The summed E-state index contributed by atoms with van der Waals surface area (Å²) in [6.07, 6.45) is 6.97. The Kier molecular flexibility index (Phi) is 4.67. The number of halogens is 3. The zero-order chi connectivity index (χ0) is 18.3. The molecule has 1 aliphatic rings. The van der Waals surface area contributed by atoms with E-state index in [-0.39, 0.29) is 11.4 Å². The van der Waals surface area contributed by atoms with E-state index in [0.29, 0.717) is 32.3 Å². The highest BCUT2D eigenvalue weighted by atomic mass is 79.9. The molecule has 26 heavy (non-hydrogen) atoms. The van der Waals surface area contributed by atoms with Crippen molar-refractivity contribution in [1.29, 1.82) is 0 Å². The third-order valence-corrected chi connectivity index (χ3v) is 6.10. The van der Waals surface area contributed by atoms with E-state index in [1.54, 1.807) is 29.0 Å². The van der Waals surface area contributed by atoms with E-state index in [9.17, 15) is 4.79 Å². The SMILES string of the molecule is O=C(NC1(Cc2ccc(Cl)cc2Cl)CCC1)c1nn2cccnc2c1Br. The van der Waals surface area contributed by atoms with Gasteiger partial charge in [0.05, 0.1) is 4.47 Å². The van der Waals surface area contributed by atoms with Crippen molar-refractivity contribution in [1.82, 2.24) is 19.9 Å². The Morgan fingerprint density at radius 3 is 2.81 bits per heavy atom. The number of amides is 1. The van der Waals surface area contributed by atoms with Gasteiger partial charge < -0.3 is 5.32 Å². The lowest BCUT2D eigenvalue weighted by Crippen LogP contribution is -2.55. The fraction of sp³-hybridized carbons (Fsp3) is 0.278. The number of aromatic nitrogens is 3. The van der Waals surface area contributed by atoms with Crippen LogP contribution >= 0.6 is 39.1 Å². The summed E-state index contributed by atoms with van der Waals surface area (Å²) in [5, 5.41) is 8.74. The van der Waals surface area contributed by atoms with Gasteiger partial charge in [0.2, 0.25) is 0 Å². The first-order chi connectivity index (χ1) is 12.5. The van der Waals surface area contributed by atoms with Crippen LogP contribution in [0, 0.1) is 0 Å². The van der Waals surface area contributed by atoms with E-state index >= 15 is 0 Å². The quantitative estimate of drug-likeness (QED) is 0.623. The van der Waals surface area contributed by atoms with E-state index in [4.69, 9.17) is 23.2 Å². The monoisotopic (exact) mass is 452 g/mol. The van der Waals surface area contributed by atoms with Crippen LogP contribution in [0.15, 0.2) is 41.1 Å². The maximum atomic E-state index is 12.9. The average molecular weight is 454 g/mol. The van der Waals surface area contributed by atoms with E-state index in [2.05, 4.69) is 31.3 Å². The van der Waals surface area contributed by atoms with Crippen LogP contribution in [0.1, 0.15) is 35.3 Å². The van der Waals surface area contributed by atoms with Crippen LogP contribution in [0.3, 0.4) is 0 Å². The van der Waals surface area contributed by atoms with Crippen LogP contribution in [0.4, 0.5) is 0 Å². The minimum absolute atomic E-state index is 0.216. The predicted molar refractivity (Wildman–Crippen MR) is 105 cm³/mol. The summed E-state index contributed by atoms with van der Waals surface area (Å²) >= 11 is 15.7. The van der Waals surface area contributed by atoms with Crippen LogP contribution in [0.5, 0.6) is 0 Å². The molecule has 0 bridgehead atoms. The Labute approximate surface area is 168 Å². The molecule has 0 spiro atoms. The molecule has 2 aromatic heterocycles. The summed E-state index contributed by atoms with van der Waals surface area (Å²) in [5.41, 5.74) is 1.61. The molecule has 1 saturated carbocycles. The second kappa shape index (κ2) is 6.83. The summed E-state index contributed by atoms with van der Waals surface area (Å²) in [6.45, 7) is 0. The van der Waals surface area contributed by atoms with Gasteiger partial charge in [0.15, 0.2) is 11.3 Å². The Morgan fingerprint density at radius 1 is 1.35 bits per heavy atom. The third-order valence-electron chi connectivity index (χ3n) is 4.79. The summed E-state index contributed by atoms with van der Waals surface area (Å²) in [5.74, 6) is -0.216. The molecule has 1 amide bonds. The Bertz CT molecular complexity index is 1000. The molecule has 0 radical (unpaired) electrons. The van der Waals surface area contributed by atoms with Gasteiger partial charge in [-0.05, 0) is 65.4 Å². The molecule has 8 heteroatoms. The van der Waals surface area contributed by atoms with Crippen LogP contribution < -0.4 is 5.32 Å². The number of benzene rings is 1. The molecule has 1 aliphatic carbocycles. The van der Waals surface area contributed by atoms with E-state index < -0.39 is 0 Å². The zero-order valence-electron chi connectivity index (χ0n) is 13.7. The normalized spacial score (nSPS) is 15.7. The minimum Gasteiger partial charge on any atom is -0.345 e. The first kappa shape index (κ1) is 17.8. The number of hydrogen-bond donors (Lipinski definition) is 1. The second-order valence-corrected chi connectivity index (χ2v) is 8.19. The van der Waals surface area contributed by atoms with Crippen LogP contribution in [-0.2, 0) is 6.42 Å². The first-order valence-electron chi connectivity index (χ1n) is 8.23. The molecule has 134 valence electrons. The largest absolute Gasteiger partial charge is 0.345 e. The highest BCUT2D eigenvalue weighted by molar-refractivity contribution is 9.10. The molecule has 0 atom stereocenters. The summed E-state index contributed by atoms with van der Waals surface area (Å²) in [7, 11) is 0. The summed E-state index contributed by atoms with van der Waals surface area (Å²) < 4.78 is 2.18. The molecule has 1 fully saturated rings. The predicted octanol–water partition coefficient (Wildman–Crippen LogP) is 4.69. The van der Waals surface area contributed by atoms with E-state index in [1.807, 2.05) is 12.1 Å². The lowest BCUT2D eigenvalue weighted by Gasteiger charge is -2.43. The van der Waals surface area contributed by atoms with Gasteiger partial charge in [-0.3, -0.25) is 4.79 Å². The Morgan fingerprint density at radius 2 is 2.15 bits per heavy atom. The van der Waals surface area contributed by atoms with Gasteiger partial charge in [-0.25, -0.2) is 9.50 Å². The zero-order valence-corrected chi connectivity index (χ0v) is 16.8. The van der Waals surface area contributed by atoms with Crippen molar-refractivity contribution in [3.05, 3.63) is 62.4 Å². The van der Waals surface area contributed by atoms with Crippen molar-refractivity contribution in [3.8, 4) is 0 Å². The van der Waals surface area contributed by atoms with E-state index in [1.165, 1.54) is 0 Å². The third kappa shape index (κ3) is 3.21. The Balaban J connectivity index is 1.59. The van der Waals surface area contributed by atoms with Gasteiger partial charge >= 0.3 is 0 Å². The molecule has 4 rings (SSSR count). The summed E-state index contributed by atoms with van der Waals surface area (Å²) in [6, 6.07) is 7.24. The first-order valence-corrected chi connectivity index (χ1v) is 9.78. The van der Waals surface area contributed by atoms with Crippen molar-refractivity contribution in [2.24, 2.45) is 0 Å². The maximum Gasteiger partial charge on any atom is 0.273 e. The van der Waals surface area contributed by atoms with Crippen LogP contribution in [-0.4, -0.2) is 26.0 Å². The number of carbonyl (C=O) groups excluding carboxylic acids is 1. The number of hydrogen-bond acceptors (Lipinski definition) is 3. The fourth-order valence-corrected chi connectivity index (χ4v) is 4.30. The van der Waals surface area contributed by atoms with Gasteiger partial charge in [-0.15, -0.1) is 0 Å². The molecule has 0 aliphatic heterocycles. The van der Waals surface area contributed by atoms with Crippen molar-refractivity contribution in [2.45, 2.75) is 31.2 Å². The summed E-state index contributed by atoms with van der Waals surface area (Å²) in [4.78, 5) is 17.1. The van der Waals surface area contributed by atoms with Gasteiger partial charge in [-0.2, -0.15) is 5.10 Å². The lowest BCUT2D eigenvalue weighted by molar-refractivity contribution is 0.0820. The van der Waals surface area contributed by atoms with Crippen molar-refractivity contribution in [3.63, 3.8) is 0 Å². The molecule has 0 saturated heterocycles. The number of rotatable bonds is 4. The number of nitrogens with one attached hydrogen (secondary N) is 1. The molecule has 1 N–H and O–H groups in total. The number of fused-ring (bicyclic) bond motifs is 1. The van der Waals surface area contributed by atoms with Crippen molar-refractivity contribution < 1.29 is 4.79 Å². The van der Waals surface area contributed by atoms with Crippen molar-refractivity contribution in [2.75, 3.05) is 0 Å². The highest BCUT2D eigenvalue weighted by Gasteiger charge is 2.40. The Hall–Kier alpha value is -1.63.